The highest BCUT2D eigenvalue weighted by atomic mass is 32.1. The summed E-state index contributed by atoms with van der Waals surface area (Å²) in [4.78, 5) is 4.25. The van der Waals surface area contributed by atoms with Crippen LogP contribution in [0, 0.1) is 0 Å². The fraction of sp³-hybridized carbons (Fsp3) is 0.429. The molecule has 0 amide bonds. The second-order valence-electron chi connectivity index (χ2n) is 4.77. The van der Waals surface area contributed by atoms with Gasteiger partial charge in [0.2, 0.25) is 0 Å². The fourth-order valence-electron chi connectivity index (χ4n) is 2.59. The molecule has 2 nitrogen and oxygen atoms in total. The summed E-state index contributed by atoms with van der Waals surface area (Å²) in [5, 5.41) is 2.11. The molecule has 2 heterocycles. The maximum absolute atomic E-state index is 5.75. The summed E-state index contributed by atoms with van der Waals surface area (Å²) >= 11 is 3.71. The zero-order chi connectivity index (χ0) is 12.4. The molecule has 0 spiro atoms. The summed E-state index contributed by atoms with van der Waals surface area (Å²) in [6, 6.07) is 6.78. The van der Waals surface area contributed by atoms with Crippen molar-refractivity contribution in [3.8, 4) is 0 Å². The Labute approximate surface area is 116 Å². The summed E-state index contributed by atoms with van der Waals surface area (Å²) in [5.74, 6) is 5.75. The van der Waals surface area contributed by atoms with E-state index in [1.807, 2.05) is 11.3 Å². The van der Waals surface area contributed by atoms with E-state index >= 15 is 0 Å². The van der Waals surface area contributed by atoms with Gasteiger partial charge in [-0.1, -0.05) is 12.5 Å². The fourth-order valence-corrected chi connectivity index (χ4v) is 4.81. The molecule has 0 bridgehead atoms. The maximum Gasteiger partial charge on any atom is 0.0894 e. The van der Waals surface area contributed by atoms with E-state index in [1.165, 1.54) is 41.9 Å². The third kappa shape index (κ3) is 2.38. The molecule has 1 unspecified atom stereocenters. The number of nitrogens with one attached hydrogen (secondary N) is 1. The first-order chi connectivity index (χ1) is 8.88. The average Bonchev–Trinajstić information content (AvgIpc) is 2.98. The van der Waals surface area contributed by atoms with E-state index in [0.29, 0.717) is 0 Å². The number of hydrogen-bond donors (Lipinski definition) is 2. The Bertz CT molecular complexity index is 478. The molecule has 0 saturated carbocycles. The first kappa shape index (κ1) is 12.4. The Hall–Kier alpha value is -0.680. The lowest BCUT2D eigenvalue weighted by atomic mass is 10.1. The maximum atomic E-state index is 5.75. The molecule has 18 heavy (non-hydrogen) atoms. The molecule has 2 aromatic rings. The van der Waals surface area contributed by atoms with Crippen LogP contribution < -0.4 is 11.3 Å². The SMILES string of the molecule is NNC(c1cccs1)c1cc2c(s1)CCCCC2. The van der Waals surface area contributed by atoms with Crippen LogP contribution >= 0.6 is 22.7 Å². The van der Waals surface area contributed by atoms with Crippen molar-refractivity contribution in [3.05, 3.63) is 43.8 Å². The number of hydrazine groups is 1. The number of aryl methyl sites for hydroxylation is 2. The summed E-state index contributed by atoms with van der Waals surface area (Å²) < 4.78 is 0. The van der Waals surface area contributed by atoms with Gasteiger partial charge in [0.15, 0.2) is 0 Å². The number of fused-ring (bicyclic) bond motifs is 1. The number of rotatable bonds is 3. The zero-order valence-corrected chi connectivity index (χ0v) is 11.9. The van der Waals surface area contributed by atoms with Crippen molar-refractivity contribution < 1.29 is 0 Å². The van der Waals surface area contributed by atoms with E-state index in [4.69, 9.17) is 5.84 Å². The molecule has 0 aliphatic heterocycles. The molecule has 0 saturated heterocycles. The molecule has 1 atom stereocenters. The van der Waals surface area contributed by atoms with Crippen LogP contribution in [-0.2, 0) is 12.8 Å². The van der Waals surface area contributed by atoms with E-state index in [0.717, 1.165) is 0 Å². The normalized spacial score (nSPS) is 17.2. The smallest absolute Gasteiger partial charge is 0.0894 e. The molecule has 1 aliphatic carbocycles. The van der Waals surface area contributed by atoms with Crippen LogP contribution in [0.15, 0.2) is 23.6 Å². The second kappa shape index (κ2) is 5.53. The molecule has 3 rings (SSSR count). The van der Waals surface area contributed by atoms with Crippen molar-refractivity contribution in [1.29, 1.82) is 0 Å². The van der Waals surface area contributed by atoms with Crippen molar-refractivity contribution in [2.45, 2.75) is 38.1 Å². The Morgan fingerprint density at radius 2 is 2.06 bits per heavy atom. The minimum Gasteiger partial charge on any atom is -0.271 e. The summed E-state index contributed by atoms with van der Waals surface area (Å²) in [6.45, 7) is 0. The van der Waals surface area contributed by atoms with Gasteiger partial charge in [-0.3, -0.25) is 5.84 Å². The summed E-state index contributed by atoms with van der Waals surface area (Å²) in [5.41, 5.74) is 4.53. The van der Waals surface area contributed by atoms with Gasteiger partial charge in [-0.2, -0.15) is 0 Å². The van der Waals surface area contributed by atoms with Gasteiger partial charge < -0.3 is 0 Å². The first-order valence-corrected chi connectivity index (χ1v) is 8.19. The highest BCUT2D eigenvalue weighted by molar-refractivity contribution is 7.13. The van der Waals surface area contributed by atoms with E-state index in [-0.39, 0.29) is 6.04 Å². The first-order valence-electron chi connectivity index (χ1n) is 6.49. The van der Waals surface area contributed by atoms with Crippen LogP contribution in [0.4, 0.5) is 0 Å². The van der Waals surface area contributed by atoms with Crippen LogP contribution in [0.2, 0.25) is 0 Å². The van der Waals surface area contributed by atoms with Gasteiger partial charge in [0.05, 0.1) is 6.04 Å². The van der Waals surface area contributed by atoms with Crippen LogP contribution in [0.1, 0.15) is 45.5 Å². The van der Waals surface area contributed by atoms with Gasteiger partial charge in [-0.15, -0.1) is 22.7 Å². The van der Waals surface area contributed by atoms with Crippen molar-refractivity contribution in [3.63, 3.8) is 0 Å². The Kier molecular flexibility index (Phi) is 3.80. The standard InChI is InChI=1S/C14H18N2S2/c15-16-14(12-7-4-8-17-12)13-9-10-5-2-1-3-6-11(10)18-13/h4,7-9,14,16H,1-3,5-6,15H2. The molecule has 96 valence electrons. The van der Waals surface area contributed by atoms with Crippen molar-refractivity contribution in [2.24, 2.45) is 5.84 Å². The van der Waals surface area contributed by atoms with Gasteiger partial charge >= 0.3 is 0 Å². The molecule has 0 radical (unpaired) electrons. The molecule has 0 aromatic carbocycles. The topological polar surface area (TPSA) is 38.0 Å². The summed E-state index contributed by atoms with van der Waals surface area (Å²) in [7, 11) is 0. The highest BCUT2D eigenvalue weighted by Crippen LogP contribution is 2.35. The van der Waals surface area contributed by atoms with E-state index in [2.05, 4.69) is 29.0 Å². The largest absolute Gasteiger partial charge is 0.271 e. The Balaban J connectivity index is 1.91. The van der Waals surface area contributed by atoms with Crippen molar-refractivity contribution >= 4 is 22.7 Å². The van der Waals surface area contributed by atoms with Crippen LogP contribution in [0.25, 0.3) is 0 Å². The van der Waals surface area contributed by atoms with Crippen LogP contribution in [0.5, 0.6) is 0 Å². The predicted octanol–water partition coefficient (Wildman–Crippen LogP) is 3.63. The quantitative estimate of drug-likeness (QED) is 0.511. The van der Waals surface area contributed by atoms with Gasteiger partial charge in [0.25, 0.3) is 0 Å². The number of hydrogen-bond acceptors (Lipinski definition) is 4. The molecule has 0 fully saturated rings. The van der Waals surface area contributed by atoms with Gasteiger partial charge in [0.1, 0.15) is 0 Å². The molecule has 3 N–H and O–H groups in total. The monoisotopic (exact) mass is 278 g/mol. The lowest BCUT2D eigenvalue weighted by Gasteiger charge is -2.11. The Morgan fingerprint density at radius 3 is 2.83 bits per heavy atom. The predicted molar refractivity (Wildman–Crippen MR) is 79.1 cm³/mol. The lowest BCUT2D eigenvalue weighted by molar-refractivity contribution is 0.655. The van der Waals surface area contributed by atoms with Crippen molar-refractivity contribution in [2.75, 3.05) is 0 Å². The molecular formula is C14H18N2S2. The van der Waals surface area contributed by atoms with Gasteiger partial charge in [0, 0.05) is 14.6 Å². The second-order valence-corrected chi connectivity index (χ2v) is 6.92. The highest BCUT2D eigenvalue weighted by Gasteiger charge is 2.19. The van der Waals surface area contributed by atoms with Gasteiger partial charge in [-0.05, 0) is 48.8 Å². The summed E-state index contributed by atoms with van der Waals surface area (Å²) in [6.07, 6.45) is 6.55. The van der Waals surface area contributed by atoms with Crippen LogP contribution in [-0.4, -0.2) is 0 Å². The van der Waals surface area contributed by atoms with E-state index in [1.54, 1.807) is 21.8 Å². The Morgan fingerprint density at radius 1 is 1.17 bits per heavy atom. The van der Waals surface area contributed by atoms with Crippen LogP contribution in [0.3, 0.4) is 0 Å². The van der Waals surface area contributed by atoms with E-state index < -0.39 is 0 Å². The third-order valence-electron chi connectivity index (χ3n) is 3.54. The minimum atomic E-state index is 0.168. The molecule has 1 aliphatic rings. The number of nitrogens with two attached hydrogens (primary N) is 1. The lowest BCUT2D eigenvalue weighted by Crippen LogP contribution is -2.27. The molecular weight excluding hydrogens is 260 g/mol. The molecule has 4 heteroatoms. The third-order valence-corrected chi connectivity index (χ3v) is 5.78. The van der Waals surface area contributed by atoms with Gasteiger partial charge in [-0.25, -0.2) is 5.43 Å². The van der Waals surface area contributed by atoms with Crippen molar-refractivity contribution in [1.82, 2.24) is 5.43 Å². The average molecular weight is 278 g/mol. The minimum absolute atomic E-state index is 0.168. The number of thiophene rings is 2. The molecule has 2 aromatic heterocycles. The van der Waals surface area contributed by atoms with E-state index in [9.17, 15) is 0 Å². The zero-order valence-electron chi connectivity index (χ0n) is 10.3.